The molecular weight excluding hydrogens is 244 g/mol. The van der Waals surface area contributed by atoms with Gasteiger partial charge < -0.3 is 10.2 Å². The first-order chi connectivity index (χ1) is 8.69. The molecule has 18 heavy (non-hydrogen) atoms. The molecule has 0 atom stereocenters. The number of rotatable bonds is 8. The predicted molar refractivity (Wildman–Crippen MR) is 81.6 cm³/mol. The lowest BCUT2D eigenvalue weighted by molar-refractivity contribution is 0.695. The maximum absolute atomic E-state index is 6.11. The van der Waals surface area contributed by atoms with E-state index in [2.05, 4.69) is 43.2 Å². The molecule has 0 aromatic heterocycles. The molecule has 3 heteroatoms. The summed E-state index contributed by atoms with van der Waals surface area (Å²) in [4.78, 5) is 2.31. The van der Waals surface area contributed by atoms with Crippen LogP contribution in [0, 0.1) is 0 Å². The second-order valence-electron chi connectivity index (χ2n) is 4.68. The van der Waals surface area contributed by atoms with Crippen molar-refractivity contribution in [3.8, 4) is 0 Å². The molecule has 0 radical (unpaired) electrons. The van der Waals surface area contributed by atoms with Gasteiger partial charge in [0, 0.05) is 30.8 Å². The fraction of sp³-hybridized carbons (Fsp3) is 0.600. The van der Waals surface area contributed by atoms with Gasteiger partial charge in [0.2, 0.25) is 0 Å². The molecule has 1 aromatic carbocycles. The topological polar surface area (TPSA) is 15.3 Å². The van der Waals surface area contributed by atoms with Crippen molar-refractivity contribution < 1.29 is 0 Å². The van der Waals surface area contributed by atoms with Gasteiger partial charge in [-0.3, -0.25) is 0 Å². The number of nitrogens with one attached hydrogen (secondary N) is 1. The molecule has 0 aliphatic heterocycles. The highest BCUT2D eigenvalue weighted by Gasteiger charge is 2.07. The molecule has 0 spiro atoms. The highest BCUT2D eigenvalue weighted by atomic mass is 35.5. The zero-order valence-corrected chi connectivity index (χ0v) is 12.6. The van der Waals surface area contributed by atoms with E-state index in [1.165, 1.54) is 30.5 Å². The summed E-state index contributed by atoms with van der Waals surface area (Å²) >= 11 is 6.11. The van der Waals surface area contributed by atoms with Crippen LogP contribution in [0.4, 0.5) is 5.69 Å². The van der Waals surface area contributed by atoms with Gasteiger partial charge in [-0.25, -0.2) is 0 Å². The van der Waals surface area contributed by atoms with Crippen molar-refractivity contribution in [2.45, 2.75) is 39.7 Å². The predicted octanol–water partition coefficient (Wildman–Crippen LogP) is 4.08. The lowest BCUT2D eigenvalue weighted by Crippen LogP contribution is -2.22. The SMILES string of the molecule is CCCCCN(C)c1cc(Cl)ccc1CNCC. The van der Waals surface area contributed by atoms with Gasteiger partial charge in [0.05, 0.1) is 0 Å². The van der Waals surface area contributed by atoms with Crippen LogP contribution in [0.3, 0.4) is 0 Å². The average Bonchev–Trinajstić information content (AvgIpc) is 2.37. The minimum absolute atomic E-state index is 0.813. The van der Waals surface area contributed by atoms with E-state index in [0.29, 0.717) is 0 Å². The van der Waals surface area contributed by atoms with Crippen molar-refractivity contribution in [3.63, 3.8) is 0 Å². The van der Waals surface area contributed by atoms with E-state index in [0.717, 1.165) is 24.7 Å². The largest absolute Gasteiger partial charge is 0.374 e. The first kappa shape index (κ1) is 15.3. The molecule has 0 unspecified atom stereocenters. The third-order valence-corrected chi connectivity index (χ3v) is 3.36. The Bertz CT molecular complexity index is 352. The Labute approximate surface area is 116 Å². The Hall–Kier alpha value is -0.730. The molecule has 2 nitrogen and oxygen atoms in total. The van der Waals surface area contributed by atoms with Crippen molar-refractivity contribution in [1.82, 2.24) is 5.32 Å². The number of halogens is 1. The molecule has 1 rings (SSSR count). The standard InChI is InChI=1S/C15H25ClN2/c1-4-6-7-10-18(3)15-11-14(16)9-8-13(15)12-17-5-2/h8-9,11,17H,4-7,10,12H2,1-3H3. The monoisotopic (exact) mass is 268 g/mol. The first-order valence-electron chi connectivity index (χ1n) is 6.89. The van der Waals surface area contributed by atoms with Crippen molar-refractivity contribution in [2.75, 3.05) is 25.0 Å². The van der Waals surface area contributed by atoms with Gasteiger partial charge in [-0.1, -0.05) is 44.4 Å². The highest BCUT2D eigenvalue weighted by molar-refractivity contribution is 6.30. The van der Waals surface area contributed by atoms with E-state index >= 15 is 0 Å². The van der Waals surface area contributed by atoms with Crippen LogP contribution in [0.25, 0.3) is 0 Å². The molecule has 0 bridgehead atoms. The lowest BCUT2D eigenvalue weighted by Gasteiger charge is -2.23. The second-order valence-corrected chi connectivity index (χ2v) is 5.12. The summed E-state index contributed by atoms with van der Waals surface area (Å²) in [6.45, 7) is 7.34. The smallest absolute Gasteiger partial charge is 0.0426 e. The van der Waals surface area contributed by atoms with Crippen LogP contribution in [0.2, 0.25) is 5.02 Å². The van der Waals surface area contributed by atoms with Gasteiger partial charge in [-0.15, -0.1) is 0 Å². The Kier molecular flexibility index (Phi) is 7.14. The molecule has 1 aromatic rings. The summed E-state index contributed by atoms with van der Waals surface area (Å²) in [5.41, 5.74) is 2.57. The van der Waals surface area contributed by atoms with Crippen molar-refractivity contribution >= 4 is 17.3 Å². The van der Waals surface area contributed by atoms with E-state index in [1.54, 1.807) is 0 Å². The third kappa shape index (κ3) is 4.87. The maximum atomic E-state index is 6.11. The van der Waals surface area contributed by atoms with Gasteiger partial charge in [-0.2, -0.15) is 0 Å². The van der Waals surface area contributed by atoms with E-state index < -0.39 is 0 Å². The van der Waals surface area contributed by atoms with Crippen LogP contribution in [-0.2, 0) is 6.54 Å². The van der Waals surface area contributed by atoms with E-state index in [-0.39, 0.29) is 0 Å². The van der Waals surface area contributed by atoms with Crippen LogP contribution in [-0.4, -0.2) is 20.1 Å². The zero-order valence-electron chi connectivity index (χ0n) is 11.8. The molecule has 0 aliphatic carbocycles. The normalized spacial score (nSPS) is 10.7. The Balaban J connectivity index is 2.73. The van der Waals surface area contributed by atoms with Crippen molar-refractivity contribution in [2.24, 2.45) is 0 Å². The Morgan fingerprint density at radius 3 is 2.67 bits per heavy atom. The molecule has 0 saturated carbocycles. The Morgan fingerprint density at radius 1 is 1.22 bits per heavy atom. The highest BCUT2D eigenvalue weighted by Crippen LogP contribution is 2.24. The summed E-state index contributed by atoms with van der Waals surface area (Å²) in [6.07, 6.45) is 3.78. The van der Waals surface area contributed by atoms with Crippen molar-refractivity contribution in [1.29, 1.82) is 0 Å². The Morgan fingerprint density at radius 2 is 2.00 bits per heavy atom. The van der Waals surface area contributed by atoms with Crippen LogP contribution >= 0.6 is 11.6 Å². The number of anilines is 1. The molecule has 102 valence electrons. The molecule has 0 fully saturated rings. The fourth-order valence-corrected chi connectivity index (χ4v) is 2.19. The van der Waals surface area contributed by atoms with Gasteiger partial charge in [-0.05, 0) is 30.7 Å². The number of unbranched alkanes of at least 4 members (excludes halogenated alkanes) is 2. The fourth-order valence-electron chi connectivity index (χ4n) is 2.02. The summed E-state index contributed by atoms with van der Waals surface area (Å²) in [7, 11) is 2.15. The van der Waals surface area contributed by atoms with Gasteiger partial charge >= 0.3 is 0 Å². The summed E-state index contributed by atoms with van der Waals surface area (Å²) < 4.78 is 0. The molecule has 0 saturated heterocycles. The van der Waals surface area contributed by atoms with Gasteiger partial charge in [0.15, 0.2) is 0 Å². The minimum atomic E-state index is 0.813. The zero-order chi connectivity index (χ0) is 13.4. The summed E-state index contributed by atoms with van der Waals surface area (Å²) in [5.74, 6) is 0. The number of hydrogen-bond acceptors (Lipinski definition) is 2. The lowest BCUT2D eigenvalue weighted by atomic mass is 10.1. The van der Waals surface area contributed by atoms with E-state index in [4.69, 9.17) is 11.6 Å². The van der Waals surface area contributed by atoms with E-state index in [1.807, 2.05) is 6.07 Å². The minimum Gasteiger partial charge on any atom is -0.374 e. The van der Waals surface area contributed by atoms with E-state index in [9.17, 15) is 0 Å². The maximum Gasteiger partial charge on any atom is 0.0426 e. The molecule has 0 aliphatic rings. The average molecular weight is 269 g/mol. The summed E-state index contributed by atoms with van der Waals surface area (Å²) in [5, 5.41) is 4.19. The second kappa shape index (κ2) is 8.39. The first-order valence-corrected chi connectivity index (χ1v) is 7.27. The van der Waals surface area contributed by atoms with Crippen LogP contribution in [0.15, 0.2) is 18.2 Å². The number of benzene rings is 1. The van der Waals surface area contributed by atoms with Crippen LogP contribution < -0.4 is 10.2 Å². The van der Waals surface area contributed by atoms with Crippen LogP contribution in [0.5, 0.6) is 0 Å². The van der Waals surface area contributed by atoms with Gasteiger partial charge in [0.25, 0.3) is 0 Å². The number of nitrogens with zero attached hydrogens (tertiary/aromatic N) is 1. The van der Waals surface area contributed by atoms with Crippen LogP contribution in [0.1, 0.15) is 38.7 Å². The quantitative estimate of drug-likeness (QED) is 0.715. The summed E-state index contributed by atoms with van der Waals surface area (Å²) in [6, 6.07) is 6.16. The molecule has 1 N–H and O–H groups in total. The number of hydrogen-bond donors (Lipinski definition) is 1. The van der Waals surface area contributed by atoms with Crippen molar-refractivity contribution in [3.05, 3.63) is 28.8 Å². The molecule has 0 heterocycles. The van der Waals surface area contributed by atoms with Gasteiger partial charge in [0.1, 0.15) is 0 Å². The molecule has 0 amide bonds. The third-order valence-electron chi connectivity index (χ3n) is 3.12. The molecular formula is C15H25ClN2.